The van der Waals surface area contributed by atoms with Gasteiger partial charge in [0.05, 0.1) is 5.56 Å². The van der Waals surface area contributed by atoms with Gasteiger partial charge in [-0.15, -0.1) is 0 Å². The number of benzene rings is 1. The van der Waals surface area contributed by atoms with Crippen molar-refractivity contribution in [2.75, 3.05) is 0 Å². The largest absolute Gasteiger partial charge is 0.507 e. The Morgan fingerprint density at radius 3 is 2.64 bits per heavy atom. The summed E-state index contributed by atoms with van der Waals surface area (Å²) in [5.74, 6) is -0.177. The fourth-order valence-electron chi connectivity index (χ4n) is 1.03. The number of phenols is 1. The van der Waals surface area contributed by atoms with Crippen molar-refractivity contribution in [2.24, 2.45) is 0 Å². The zero-order chi connectivity index (χ0) is 10.4. The third-order valence-corrected chi connectivity index (χ3v) is 1.72. The second-order valence-electron chi connectivity index (χ2n) is 2.77. The fraction of sp³-hybridized carbons (Fsp3) is 0.0833. The molecule has 0 bridgehead atoms. The Hall–Kier alpha value is -1.83. The summed E-state index contributed by atoms with van der Waals surface area (Å²) in [4.78, 5) is 11.5. The first-order valence-corrected chi connectivity index (χ1v) is 4.37. The minimum Gasteiger partial charge on any atom is -0.507 e. The average Bonchev–Trinajstić information content (AvgIpc) is 2.18. The van der Waals surface area contributed by atoms with Crippen LogP contribution in [0.1, 0.15) is 17.3 Å². The minimum atomic E-state index is -0.193. The first-order chi connectivity index (χ1) is 6.75. The molecule has 0 saturated carbocycles. The number of rotatable bonds is 3. The van der Waals surface area contributed by atoms with E-state index in [2.05, 4.69) is 0 Å². The van der Waals surface area contributed by atoms with E-state index in [1.807, 2.05) is 13.0 Å². The molecule has 0 aromatic heterocycles. The Balaban J connectivity index is 2.85. The van der Waals surface area contributed by atoms with Gasteiger partial charge >= 0.3 is 0 Å². The summed E-state index contributed by atoms with van der Waals surface area (Å²) in [6, 6.07) is 6.49. The number of ketones is 1. The number of allylic oxidation sites excluding steroid dienone is 4. The maximum atomic E-state index is 11.5. The summed E-state index contributed by atoms with van der Waals surface area (Å²) in [5.41, 5.74) is 0.327. The molecule has 1 aromatic carbocycles. The maximum absolute atomic E-state index is 11.5. The van der Waals surface area contributed by atoms with E-state index in [0.717, 1.165) is 0 Å². The second kappa shape index (κ2) is 5.02. The molecule has 0 aliphatic rings. The predicted molar refractivity (Wildman–Crippen MR) is 56.4 cm³/mol. The molecule has 0 spiro atoms. The van der Waals surface area contributed by atoms with Crippen LogP contribution in [0.2, 0.25) is 0 Å². The van der Waals surface area contributed by atoms with Crippen LogP contribution in [-0.4, -0.2) is 10.9 Å². The van der Waals surface area contributed by atoms with Gasteiger partial charge < -0.3 is 5.11 Å². The van der Waals surface area contributed by atoms with Crippen LogP contribution in [-0.2, 0) is 0 Å². The summed E-state index contributed by atoms with van der Waals surface area (Å²) in [7, 11) is 0. The van der Waals surface area contributed by atoms with Crippen molar-refractivity contribution in [3.8, 4) is 5.75 Å². The topological polar surface area (TPSA) is 37.3 Å². The van der Waals surface area contributed by atoms with Crippen LogP contribution in [0.25, 0.3) is 0 Å². The third kappa shape index (κ3) is 2.59. The molecule has 0 radical (unpaired) electrons. The molecule has 0 atom stereocenters. The van der Waals surface area contributed by atoms with E-state index >= 15 is 0 Å². The van der Waals surface area contributed by atoms with Gasteiger partial charge in [-0.2, -0.15) is 0 Å². The first kappa shape index (κ1) is 10.3. The van der Waals surface area contributed by atoms with Crippen molar-refractivity contribution in [2.45, 2.75) is 6.92 Å². The van der Waals surface area contributed by atoms with Crippen LogP contribution in [0.3, 0.4) is 0 Å². The van der Waals surface area contributed by atoms with Gasteiger partial charge in [0.1, 0.15) is 5.75 Å². The lowest BCUT2D eigenvalue weighted by Gasteiger charge is -1.97. The summed E-state index contributed by atoms with van der Waals surface area (Å²) in [5, 5.41) is 9.36. The number of carbonyl (C=O) groups excluding carboxylic acids is 1. The van der Waals surface area contributed by atoms with Gasteiger partial charge in [0, 0.05) is 0 Å². The number of phenolic OH excluding ortho intramolecular Hbond substituents is 1. The molecule has 2 heteroatoms. The van der Waals surface area contributed by atoms with E-state index in [1.54, 1.807) is 30.4 Å². The quantitative estimate of drug-likeness (QED) is 0.450. The van der Waals surface area contributed by atoms with E-state index in [4.69, 9.17) is 0 Å². The number of hydrogen-bond donors (Lipinski definition) is 1. The second-order valence-corrected chi connectivity index (χ2v) is 2.77. The van der Waals surface area contributed by atoms with Crippen molar-refractivity contribution < 1.29 is 9.90 Å². The monoisotopic (exact) mass is 188 g/mol. The molecular weight excluding hydrogens is 176 g/mol. The van der Waals surface area contributed by atoms with E-state index in [1.165, 1.54) is 12.1 Å². The van der Waals surface area contributed by atoms with E-state index in [0.29, 0.717) is 5.56 Å². The Morgan fingerprint density at radius 2 is 2.00 bits per heavy atom. The smallest absolute Gasteiger partial charge is 0.189 e. The van der Waals surface area contributed by atoms with Gasteiger partial charge in [0.15, 0.2) is 5.78 Å². The Labute approximate surface area is 83.2 Å². The van der Waals surface area contributed by atoms with Crippen LogP contribution in [0, 0.1) is 0 Å². The van der Waals surface area contributed by atoms with Gasteiger partial charge in [0.2, 0.25) is 0 Å². The van der Waals surface area contributed by atoms with Gasteiger partial charge in [-0.1, -0.05) is 30.4 Å². The van der Waals surface area contributed by atoms with Crippen LogP contribution < -0.4 is 0 Å². The highest BCUT2D eigenvalue weighted by molar-refractivity contribution is 6.06. The molecule has 1 N–H and O–H groups in total. The number of carbonyl (C=O) groups is 1. The number of hydrogen-bond acceptors (Lipinski definition) is 2. The molecule has 0 amide bonds. The Morgan fingerprint density at radius 1 is 1.29 bits per heavy atom. The minimum absolute atomic E-state index is 0.0163. The SMILES string of the molecule is CC=CC=CC(=O)c1ccccc1O. The highest BCUT2D eigenvalue weighted by atomic mass is 16.3. The lowest BCUT2D eigenvalue weighted by molar-refractivity contribution is 0.104. The highest BCUT2D eigenvalue weighted by Gasteiger charge is 2.05. The molecular formula is C12H12O2. The molecule has 0 heterocycles. The average molecular weight is 188 g/mol. The number of para-hydroxylation sites is 1. The standard InChI is InChI=1S/C12H12O2/c1-2-3-4-8-11(13)10-7-5-6-9-12(10)14/h2-9,14H,1H3. The molecule has 1 rings (SSSR count). The maximum Gasteiger partial charge on any atom is 0.189 e. The highest BCUT2D eigenvalue weighted by Crippen LogP contribution is 2.16. The predicted octanol–water partition coefficient (Wildman–Crippen LogP) is 2.71. The zero-order valence-corrected chi connectivity index (χ0v) is 7.97. The van der Waals surface area contributed by atoms with Gasteiger partial charge in [-0.05, 0) is 25.1 Å². The summed E-state index contributed by atoms with van der Waals surface area (Å²) in [6.07, 6.45) is 6.66. The van der Waals surface area contributed by atoms with Crippen molar-refractivity contribution >= 4 is 5.78 Å². The van der Waals surface area contributed by atoms with E-state index in [9.17, 15) is 9.90 Å². The van der Waals surface area contributed by atoms with E-state index < -0.39 is 0 Å². The Bertz CT molecular complexity index is 376. The lowest BCUT2D eigenvalue weighted by Crippen LogP contribution is -1.93. The van der Waals surface area contributed by atoms with Crippen molar-refractivity contribution in [1.29, 1.82) is 0 Å². The third-order valence-electron chi connectivity index (χ3n) is 1.72. The molecule has 1 aromatic rings. The summed E-state index contributed by atoms with van der Waals surface area (Å²) < 4.78 is 0. The first-order valence-electron chi connectivity index (χ1n) is 4.37. The molecule has 2 nitrogen and oxygen atoms in total. The zero-order valence-electron chi connectivity index (χ0n) is 7.97. The molecule has 0 aliphatic heterocycles. The molecule has 0 saturated heterocycles. The molecule has 14 heavy (non-hydrogen) atoms. The van der Waals surface area contributed by atoms with Crippen molar-refractivity contribution in [1.82, 2.24) is 0 Å². The van der Waals surface area contributed by atoms with Crippen LogP contribution in [0.5, 0.6) is 5.75 Å². The molecule has 0 unspecified atom stereocenters. The van der Waals surface area contributed by atoms with E-state index in [-0.39, 0.29) is 11.5 Å². The summed E-state index contributed by atoms with van der Waals surface area (Å²) >= 11 is 0. The van der Waals surface area contributed by atoms with Crippen LogP contribution >= 0.6 is 0 Å². The normalized spacial score (nSPS) is 11.2. The van der Waals surface area contributed by atoms with Crippen molar-refractivity contribution in [3.05, 3.63) is 54.1 Å². The molecule has 0 fully saturated rings. The Kier molecular flexibility index (Phi) is 3.68. The molecule has 72 valence electrons. The van der Waals surface area contributed by atoms with Gasteiger partial charge in [-0.3, -0.25) is 4.79 Å². The number of aromatic hydroxyl groups is 1. The van der Waals surface area contributed by atoms with Gasteiger partial charge in [-0.25, -0.2) is 0 Å². The van der Waals surface area contributed by atoms with Crippen molar-refractivity contribution in [3.63, 3.8) is 0 Å². The van der Waals surface area contributed by atoms with Crippen LogP contribution in [0.15, 0.2) is 48.6 Å². The summed E-state index contributed by atoms with van der Waals surface area (Å²) in [6.45, 7) is 1.87. The van der Waals surface area contributed by atoms with Crippen LogP contribution in [0.4, 0.5) is 0 Å². The van der Waals surface area contributed by atoms with Gasteiger partial charge in [0.25, 0.3) is 0 Å². The fourth-order valence-corrected chi connectivity index (χ4v) is 1.03. The molecule has 0 aliphatic carbocycles. The lowest BCUT2D eigenvalue weighted by atomic mass is 10.1.